The Morgan fingerprint density at radius 1 is 1.73 bits per heavy atom. The molecule has 0 amide bonds. The standard InChI is InChI=1S/C7H17N2O4PS/c1-3-13-14(12,15-5-4-8)9-6(2)7(10)11/h6H,3-5,8H2,1-2H3,(H,9,12)(H,10,11)/t6?,14-/m1/s1. The Balaban J connectivity index is 4.36. The van der Waals surface area contributed by atoms with Crippen LogP contribution in [0.25, 0.3) is 0 Å². The number of hydrogen-bond acceptors (Lipinski definition) is 5. The van der Waals surface area contributed by atoms with Gasteiger partial charge in [-0.3, -0.25) is 9.36 Å². The molecule has 0 aliphatic heterocycles. The van der Waals surface area contributed by atoms with Gasteiger partial charge >= 0.3 is 12.7 Å². The molecule has 0 radical (unpaired) electrons. The van der Waals surface area contributed by atoms with E-state index in [9.17, 15) is 9.36 Å². The highest BCUT2D eigenvalue weighted by atomic mass is 32.7. The summed E-state index contributed by atoms with van der Waals surface area (Å²) in [5, 5.41) is 11.1. The lowest BCUT2D eigenvalue weighted by Gasteiger charge is -2.19. The van der Waals surface area contributed by atoms with Gasteiger partial charge in [-0.2, -0.15) is 0 Å². The van der Waals surface area contributed by atoms with Gasteiger partial charge < -0.3 is 15.4 Å². The molecular weight excluding hydrogens is 239 g/mol. The number of nitrogens with two attached hydrogens (primary N) is 1. The number of aliphatic carboxylic acids is 1. The lowest BCUT2D eigenvalue weighted by atomic mass is 10.4. The summed E-state index contributed by atoms with van der Waals surface area (Å²) in [5.41, 5.74) is 5.28. The van der Waals surface area contributed by atoms with Crippen LogP contribution >= 0.6 is 18.1 Å². The minimum absolute atomic E-state index is 0.258. The average molecular weight is 256 g/mol. The van der Waals surface area contributed by atoms with Crippen LogP contribution < -0.4 is 10.8 Å². The molecule has 6 nitrogen and oxygen atoms in total. The van der Waals surface area contributed by atoms with Gasteiger partial charge in [0.25, 0.3) is 0 Å². The molecule has 0 fully saturated rings. The molecule has 0 bridgehead atoms. The Morgan fingerprint density at radius 2 is 2.33 bits per heavy atom. The molecule has 0 aliphatic rings. The first-order valence-corrected chi connectivity index (χ1v) is 7.76. The van der Waals surface area contributed by atoms with Gasteiger partial charge in [-0.1, -0.05) is 11.4 Å². The fraction of sp³-hybridized carbons (Fsp3) is 0.857. The minimum atomic E-state index is -3.14. The molecule has 8 heteroatoms. The fourth-order valence-corrected chi connectivity index (χ4v) is 4.52. The zero-order valence-corrected chi connectivity index (χ0v) is 10.5. The van der Waals surface area contributed by atoms with Gasteiger partial charge in [-0.15, -0.1) is 0 Å². The van der Waals surface area contributed by atoms with E-state index in [2.05, 4.69) is 5.09 Å². The number of rotatable bonds is 8. The third-order valence-corrected chi connectivity index (χ3v) is 5.66. The highest BCUT2D eigenvalue weighted by molar-refractivity contribution is 8.56. The fourth-order valence-electron chi connectivity index (χ4n) is 0.747. The van der Waals surface area contributed by atoms with Gasteiger partial charge in [0, 0.05) is 12.3 Å². The summed E-state index contributed by atoms with van der Waals surface area (Å²) in [6.45, 7) is 0.595. The van der Waals surface area contributed by atoms with Gasteiger partial charge in [0.05, 0.1) is 6.61 Å². The van der Waals surface area contributed by atoms with Crippen LogP contribution in [0.5, 0.6) is 0 Å². The van der Waals surface area contributed by atoms with Gasteiger partial charge in [0.15, 0.2) is 0 Å². The molecule has 1 unspecified atom stereocenters. The molecule has 90 valence electrons. The molecule has 4 N–H and O–H groups in total. The van der Waals surface area contributed by atoms with Crippen molar-refractivity contribution in [1.29, 1.82) is 0 Å². The van der Waals surface area contributed by atoms with Crippen LogP contribution in [0.1, 0.15) is 13.8 Å². The quantitative estimate of drug-likeness (QED) is 0.554. The number of hydrogen-bond donors (Lipinski definition) is 3. The van der Waals surface area contributed by atoms with Crippen molar-refractivity contribution in [2.75, 3.05) is 18.9 Å². The predicted molar refractivity (Wildman–Crippen MR) is 61.0 cm³/mol. The maximum absolute atomic E-state index is 12.0. The maximum Gasteiger partial charge on any atom is 0.327 e. The van der Waals surface area contributed by atoms with E-state index in [0.717, 1.165) is 11.4 Å². The van der Waals surface area contributed by atoms with Gasteiger partial charge in [-0.25, -0.2) is 5.09 Å². The SMILES string of the molecule is CCO[P@](=O)(NC(C)C(=O)O)SCCN. The van der Waals surface area contributed by atoms with Crippen LogP contribution in [0.15, 0.2) is 0 Å². The lowest BCUT2D eigenvalue weighted by Crippen LogP contribution is -2.31. The molecule has 15 heavy (non-hydrogen) atoms. The maximum atomic E-state index is 12.0. The topological polar surface area (TPSA) is 102 Å². The molecule has 0 aromatic heterocycles. The Kier molecular flexibility index (Phi) is 7.21. The second kappa shape index (κ2) is 7.24. The van der Waals surface area contributed by atoms with E-state index in [1.165, 1.54) is 6.92 Å². The van der Waals surface area contributed by atoms with Crippen LogP contribution in [0.4, 0.5) is 0 Å². The largest absolute Gasteiger partial charge is 0.480 e. The first kappa shape index (κ1) is 14.9. The zero-order chi connectivity index (χ0) is 11.9. The van der Waals surface area contributed by atoms with Gasteiger partial charge in [0.1, 0.15) is 6.04 Å². The monoisotopic (exact) mass is 256 g/mol. The summed E-state index contributed by atoms with van der Waals surface area (Å²) in [7, 11) is 0. The highest BCUT2D eigenvalue weighted by Gasteiger charge is 2.27. The summed E-state index contributed by atoms with van der Waals surface area (Å²) in [5.74, 6) is -0.611. The molecular formula is C7H17N2O4PS. The molecule has 0 rings (SSSR count). The summed E-state index contributed by atoms with van der Waals surface area (Å²) >= 11 is 1.03. The van der Waals surface area contributed by atoms with Crippen LogP contribution in [-0.2, 0) is 13.9 Å². The first-order valence-electron chi connectivity index (χ1n) is 4.55. The number of carbonyl (C=O) groups is 1. The molecule has 0 spiro atoms. The summed E-state index contributed by atoms with van der Waals surface area (Å²) in [6.07, 6.45) is 0. The van der Waals surface area contributed by atoms with Crippen molar-refractivity contribution < 1.29 is 19.0 Å². The van der Waals surface area contributed by atoms with E-state index in [1.54, 1.807) is 6.92 Å². The predicted octanol–water partition coefficient (Wildman–Crippen LogP) is 0.886. The van der Waals surface area contributed by atoms with Crippen molar-refractivity contribution in [1.82, 2.24) is 5.09 Å². The number of carboxylic acid groups (broad SMARTS) is 1. The molecule has 0 aromatic carbocycles. The Hall–Kier alpha value is -0.0700. The number of carboxylic acids is 1. The van der Waals surface area contributed by atoms with Crippen molar-refractivity contribution >= 4 is 24.1 Å². The number of nitrogens with one attached hydrogen (secondary N) is 1. The van der Waals surface area contributed by atoms with Crippen LogP contribution in [0.3, 0.4) is 0 Å². The second-order valence-electron chi connectivity index (χ2n) is 2.73. The van der Waals surface area contributed by atoms with E-state index < -0.39 is 18.7 Å². The molecule has 0 heterocycles. The zero-order valence-electron chi connectivity index (χ0n) is 8.80. The van der Waals surface area contributed by atoms with Crippen molar-refractivity contribution in [2.45, 2.75) is 19.9 Å². The minimum Gasteiger partial charge on any atom is -0.480 e. The smallest absolute Gasteiger partial charge is 0.327 e. The van der Waals surface area contributed by atoms with E-state index in [0.29, 0.717) is 12.3 Å². The van der Waals surface area contributed by atoms with Gasteiger partial charge in [-0.05, 0) is 13.8 Å². The lowest BCUT2D eigenvalue weighted by molar-refractivity contribution is -0.138. The van der Waals surface area contributed by atoms with Crippen molar-refractivity contribution in [2.24, 2.45) is 5.73 Å². The summed E-state index contributed by atoms with van der Waals surface area (Å²) < 4.78 is 17.0. The second-order valence-corrected chi connectivity index (χ2v) is 7.12. The van der Waals surface area contributed by atoms with Crippen molar-refractivity contribution in [3.8, 4) is 0 Å². The highest BCUT2D eigenvalue weighted by Crippen LogP contribution is 2.55. The van der Waals surface area contributed by atoms with Crippen LogP contribution in [0.2, 0.25) is 0 Å². The molecule has 0 saturated carbocycles. The van der Waals surface area contributed by atoms with Gasteiger partial charge in [0.2, 0.25) is 0 Å². The summed E-state index contributed by atoms with van der Waals surface area (Å²) in [4.78, 5) is 10.6. The molecule has 0 aliphatic carbocycles. The van der Waals surface area contributed by atoms with E-state index in [-0.39, 0.29) is 6.61 Å². The Morgan fingerprint density at radius 3 is 2.73 bits per heavy atom. The van der Waals surface area contributed by atoms with E-state index in [4.69, 9.17) is 15.4 Å². The third-order valence-electron chi connectivity index (χ3n) is 1.40. The summed E-state index contributed by atoms with van der Waals surface area (Å²) in [6, 6.07) is -0.910. The van der Waals surface area contributed by atoms with Crippen molar-refractivity contribution in [3.05, 3.63) is 0 Å². The molecule has 0 aromatic rings. The molecule has 2 atom stereocenters. The van der Waals surface area contributed by atoms with Crippen LogP contribution in [-0.4, -0.2) is 36.0 Å². The molecule has 0 saturated heterocycles. The Labute approximate surface area is 93.2 Å². The van der Waals surface area contributed by atoms with Crippen LogP contribution in [0, 0.1) is 0 Å². The first-order chi connectivity index (χ1) is 6.95. The average Bonchev–Trinajstić information content (AvgIpc) is 2.15. The Bertz CT molecular complexity index is 251. The van der Waals surface area contributed by atoms with E-state index >= 15 is 0 Å². The van der Waals surface area contributed by atoms with Crippen molar-refractivity contribution in [3.63, 3.8) is 0 Å². The van der Waals surface area contributed by atoms with E-state index in [1.807, 2.05) is 0 Å². The normalized spacial score (nSPS) is 17.0. The third kappa shape index (κ3) is 6.17.